The van der Waals surface area contributed by atoms with Crippen LogP contribution in [0.1, 0.15) is 16.7 Å². The third-order valence-electron chi connectivity index (χ3n) is 2.23. The van der Waals surface area contributed by atoms with Gasteiger partial charge in [0.05, 0.1) is 24.1 Å². The van der Waals surface area contributed by atoms with Crippen LogP contribution in [0.25, 0.3) is 0 Å². The third kappa shape index (κ3) is 2.51. The fourth-order valence-corrected chi connectivity index (χ4v) is 1.64. The van der Waals surface area contributed by atoms with Crippen LogP contribution in [-0.4, -0.2) is 13.1 Å². The molecule has 0 aromatic heterocycles. The van der Waals surface area contributed by atoms with Crippen LogP contribution < -0.4 is 5.73 Å². The van der Waals surface area contributed by atoms with Gasteiger partial charge in [-0.1, -0.05) is 17.7 Å². The number of ether oxygens (including phenoxy) is 1. The van der Waals surface area contributed by atoms with E-state index < -0.39 is 5.97 Å². The molecule has 0 aliphatic rings. The Kier molecular flexibility index (Phi) is 4.29. The summed E-state index contributed by atoms with van der Waals surface area (Å²) in [6.07, 6.45) is 0.0252. The molecule has 0 bridgehead atoms. The molecular weight excluding hydrogens is 228 g/mol. The first-order valence-electron chi connectivity index (χ1n) is 4.61. The molecule has 5 heteroatoms. The monoisotopic (exact) mass is 238 g/mol. The number of rotatable bonds is 3. The minimum atomic E-state index is -0.410. The summed E-state index contributed by atoms with van der Waals surface area (Å²) >= 11 is 6.01. The van der Waals surface area contributed by atoms with Crippen molar-refractivity contribution in [2.75, 3.05) is 7.11 Å². The van der Waals surface area contributed by atoms with E-state index in [4.69, 9.17) is 22.6 Å². The van der Waals surface area contributed by atoms with Crippen molar-refractivity contribution in [1.82, 2.24) is 0 Å². The highest BCUT2D eigenvalue weighted by atomic mass is 35.5. The molecule has 1 aromatic carbocycles. The molecule has 0 heterocycles. The summed E-state index contributed by atoms with van der Waals surface area (Å²) in [6.45, 7) is 0.262. The lowest BCUT2D eigenvalue weighted by Crippen LogP contribution is -2.10. The fraction of sp³-hybridized carbons (Fsp3) is 0.273. The first kappa shape index (κ1) is 12.5. The van der Waals surface area contributed by atoms with Crippen molar-refractivity contribution in [3.63, 3.8) is 0 Å². The second-order valence-electron chi connectivity index (χ2n) is 3.13. The molecule has 0 aliphatic heterocycles. The van der Waals surface area contributed by atoms with E-state index in [1.54, 1.807) is 12.1 Å². The molecular formula is C11H11ClN2O2. The minimum Gasteiger partial charge on any atom is -0.469 e. The molecule has 0 aliphatic carbocycles. The summed E-state index contributed by atoms with van der Waals surface area (Å²) in [5, 5.41) is 9.09. The molecule has 0 amide bonds. The minimum absolute atomic E-state index is 0.0252. The van der Waals surface area contributed by atoms with Crippen molar-refractivity contribution >= 4 is 17.6 Å². The Labute approximate surface area is 98.6 Å². The SMILES string of the molecule is COC(=O)Cc1c(CN)ccc(C#N)c1Cl. The van der Waals surface area contributed by atoms with E-state index in [-0.39, 0.29) is 18.0 Å². The first-order chi connectivity index (χ1) is 7.63. The standard InChI is InChI=1S/C11H11ClN2O2/c1-16-10(15)4-9-7(5-13)2-3-8(6-14)11(9)12/h2-3H,4-5,13H2,1H3. The predicted octanol–water partition coefficient (Wildman–Crippen LogP) is 1.39. The number of halogens is 1. The lowest BCUT2D eigenvalue weighted by Gasteiger charge is -2.10. The first-order valence-corrected chi connectivity index (χ1v) is 4.99. The number of nitriles is 1. The molecule has 0 saturated carbocycles. The maximum atomic E-state index is 11.2. The summed E-state index contributed by atoms with van der Waals surface area (Å²) in [5.41, 5.74) is 7.18. The Morgan fingerprint density at radius 3 is 2.81 bits per heavy atom. The molecule has 2 N–H and O–H groups in total. The van der Waals surface area contributed by atoms with Gasteiger partial charge in [0.15, 0.2) is 0 Å². The van der Waals surface area contributed by atoms with Crippen LogP contribution in [0.4, 0.5) is 0 Å². The van der Waals surface area contributed by atoms with Gasteiger partial charge in [-0.05, 0) is 17.2 Å². The van der Waals surface area contributed by atoms with Crippen molar-refractivity contribution in [2.45, 2.75) is 13.0 Å². The number of benzene rings is 1. The molecule has 0 saturated heterocycles. The lowest BCUT2D eigenvalue weighted by atomic mass is 10.0. The number of esters is 1. The fourth-order valence-electron chi connectivity index (χ4n) is 1.35. The van der Waals surface area contributed by atoms with Gasteiger partial charge in [0.25, 0.3) is 0 Å². The quantitative estimate of drug-likeness (QED) is 0.808. The molecule has 0 spiro atoms. The predicted molar refractivity (Wildman–Crippen MR) is 59.8 cm³/mol. The van der Waals surface area contributed by atoms with Gasteiger partial charge in [-0.2, -0.15) is 5.26 Å². The number of carbonyl (C=O) groups excluding carboxylic acids is 1. The van der Waals surface area contributed by atoms with E-state index in [0.717, 1.165) is 5.56 Å². The molecule has 1 aromatic rings. The third-order valence-corrected chi connectivity index (χ3v) is 2.66. The molecule has 0 fully saturated rings. The van der Waals surface area contributed by atoms with Crippen LogP contribution in [0.5, 0.6) is 0 Å². The largest absolute Gasteiger partial charge is 0.469 e. The second kappa shape index (κ2) is 5.50. The van der Waals surface area contributed by atoms with E-state index in [9.17, 15) is 4.79 Å². The van der Waals surface area contributed by atoms with Crippen LogP contribution >= 0.6 is 11.6 Å². The zero-order valence-electron chi connectivity index (χ0n) is 8.79. The average Bonchev–Trinajstić information content (AvgIpc) is 2.31. The van der Waals surface area contributed by atoms with Gasteiger partial charge in [0.2, 0.25) is 0 Å². The van der Waals surface area contributed by atoms with Crippen LogP contribution in [0.15, 0.2) is 12.1 Å². The number of nitrogens with two attached hydrogens (primary N) is 1. The lowest BCUT2D eigenvalue weighted by molar-refractivity contribution is -0.139. The highest BCUT2D eigenvalue weighted by Crippen LogP contribution is 2.25. The highest BCUT2D eigenvalue weighted by molar-refractivity contribution is 6.32. The maximum Gasteiger partial charge on any atom is 0.310 e. The normalized spacial score (nSPS) is 9.62. The van der Waals surface area contributed by atoms with Gasteiger partial charge in [-0.25, -0.2) is 0 Å². The number of carbonyl (C=O) groups is 1. The summed E-state index contributed by atoms with van der Waals surface area (Å²) in [4.78, 5) is 11.2. The molecule has 4 nitrogen and oxygen atoms in total. The molecule has 0 atom stereocenters. The Morgan fingerprint density at radius 2 is 2.31 bits per heavy atom. The van der Waals surface area contributed by atoms with Gasteiger partial charge >= 0.3 is 5.97 Å². The molecule has 84 valence electrons. The van der Waals surface area contributed by atoms with Gasteiger partial charge in [0.1, 0.15) is 6.07 Å². The Hall–Kier alpha value is -1.57. The summed E-state index contributed by atoms with van der Waals surface area (Å²) in [7, 11) is 1.30. The van der Waals surface area contributed by atoms with Gasteiger partial charge < -0.3 is 10.5 Å². The second-order valence-corrected chi connectivity index (χ2v) is 3.51. The number of nitrogens with zero attached hydrogens (tertiary/aromatic N) is 1. The molecule has 0 unspecified atom stereocenters. The number of hydrogen-bond acceptors (Lipinski definition) is 4. The Morgan fingerprint density at radius 1 is 1.62 bits per heavy atom. The van der Waals surface area contributed by atoms with E-state index in [2.05, 4.69) is 4.74 Å². The molecule has 0 radical (unpaired) electrons. The average molecular weight is 239 g/mol. The van der Waals surface area contributed by atoms with E-state index >= 15 is 0 Å². The summed E-state index contributed by atoms with van der Waals surface area (Å²) in [5.74, 6) is -0.410. The van der Waals surface area contributed by atoms with Gasteiger partial charge in [0, 0.05) is 6.54 Å². The molecule has 1 rings (SSSR count). The Balaban J connectivity index is 3.22. The van der Waals surface area contributed by atoms with E-state index in [0.29, 0.717) is 11.1 Å². The van der Waals surface area contributed by atoms with Crippen LogP contribution in [0, 0.1) is 11.3 Å². The van der Waals surface area contributed by atoms with Gasteiger partial charge in [-0.15, -0.1) is 0 Å². The Bertz CT molecular complexity index is 452. The summed E-state index contributed by atoms with van der Waals surface area (Å²) in [6, 6.07) is 5.24. The zero-order chi connectivity index (χ0) is 12.1. The smallest absolute Gasteiger partial charge is 0.310 e. The summed E-state index contributed by atoms with van der Waals surface area (Å²) < 4.78 is 4.56. The van der Waals surface area contributed by atoms with Crippen LogP contribution in [-0.2, 0) is 22.5 Å². The van der Waals surface area contributed by atoms with Crippen molar-refractivity contribution in [2.24, 2.45) is 5.73 Å². The van der Waals surface area contributed by atoms with Crippen LogP contribution in [0.3, 0.4) is 0 Å². The van der Waals surface area contributed by atoms with Crippen molar-refractivity contribution in [3.8, 4) is 6.07 Å². The van der Waals surface area contributed by atoms with E-state index in [1.165, 1.54) is 7.11 Å². The molecule has 16 heavy (non-hydrogen) atoms. The van der Waals surface area contributed by atoms with Crippen molar-refractivity contribution in [3.05, 3.63) is 33.8 Å². The highest BCUT2D eigenvalue weighted by Gasteiger charge is 2.14. The van der Waals surface area contributed by atoms with Gasteiger partial charge in [-0.3, -0.25) is 4.79 Å². The number of hydrogen-bond donors (Lipinski definition) is 1. The van der Waals surface area contributed by atoms with E-state index in [1.807, 2.05) is 6.07 Å². The zero-order valence-corrected chi connectivity index (χ0v) is 9.54. The number of methoxy groups -OCH3 is 1. The topological polar surface area (TPSA) is 76.1 Å². The maximum absolute atomic E-state index is 11.2. The van der Waals surface area contributed by atoms with Crippen molar-refractivity contribution < 1.29 is 9.53 Å². The van der Waals surface area contributed by atoms with Crippen LogP contribution in [0.2, 0.25) is 5.02 Å². The van der Waals surface area contributed by atoms with Crippen molar-refractivity contribution in [1.29, 1.82) is 5.26 Å².